The van der Waals surface area contributed by atoms with Crippen LogP contribution < -0.4 is 0 Å². The average Bonchev–Trinajstić information content (AvgIpc) is 2.28. The maximum absolute atomic E-state index is 11.2. The molecular formula is C9H14O7S2. The summed E-state index contributed by atoms with van der Waals surface area (Å²) in [6.45, 7) is 8.27. The van der Waals surface area contributed by atoms with E-state index in [9.17, 15) is 21.6 Å². The highest BCUT2D eigenvalue weighted by atomic mass is 32.2. The van der Waals surface area contributed by atoms with Gasteiger partial charge in [0.05, 0.1) is 0 Å². The fourth-order valence-electron chi connectivity index (χ4n) is 0.704. The number of carbonyl (C=O) groups excluding carboxylic acids is 1. The third-order valence-corrected chi connectivity index (χ3v) is 4.89. The van der Waals surface area contributed by atoms with Crippen LogP contribution in [0.1, 0.15) is 13.8 Å². The predicted octanol–water partition coefficient (Wildman–Crippen LogP) is 0.948. The van der Waals surface area contributed by atoms with Crippen molar-refractivity contribution in [3.05, 3.63) is 24.0 Å². The van der Waals surface area contributed by atoms with E-state index < -0.39 is 36.7 Å². The molecule has 2 unspecified atom stereocenters. The van der Waals surface area contributed by atoms with E-state index in [1.54, 1.807) is 0 Å². The van der Waals surface area contributed by atoms with Crippen molar-refractivity contribution in [3.63, 3.8) is 0 Å². The van der Waals surface area contributed by atoms with Crippen LogP contribution in [0, 0.1) is 0 Å². The first kappa shape index (κ1) is 16.6. The van der Waals surface area contributed by atoms with Crippen LogP contribution in [0.4, 0.5) is 4.79 Å². The minimum atomic E-state index is -3.80. The van der Waals surface area contributed by atoms with E-state index >= 15 is 0 Å². The van der Waals surface area contributed by atoms with Gasteiger partial charge in [0.25, 0.3) is 0 Å². The minimum Gasteiger partial charge on any atom is -0.414 e. The fourth-order valence-corrected chi connectivity index (χ4v) is 1.67. The third-order valence-electron chi connectivity index (χ3n) is 1.91. The highest BCUT2D eigenvalue weighted by Crippen LogP contribution is 2.10. The Balaban J connectivity index is 4.65. The Bertz CT molecular complexity index is 481. The molecule has 0 radical (unpaired) electrons. The zero-order chi connectivity index (χ0) is 14.6. The SMILES string of the molecule is C=CS(=O)(=O)C(C)OC(=O)OC(C)S(=O)(=O)C=C. The molecule has 7 nitrogen and oxygen atoms in total. The average molecular weight is 298 g/mol. The van der Waals surface area contributed by atoms with E-state index in [0.29, 0.717) is 10.8 Å². The summed E-state index contributed by atoms with van der Waals surface area (Å²) in [7, 11) is -7.60. The quantitative estimate of drug-likeness (QED) is 0.672. The van der Waals surface area contributed by atoms with Crippen LogP contribution in [0.3, 0.4) is 0 Å². The summed E-state index contributed by atoms with van der Waals surface area (Å²) in [5.74, 6) is 0. The molecular weight excluding hydrogens is 284 g/mol. The maximum atomic E-state index is 11.2. The molecule has 0 aliphatic heterocycles. The lowest BCUT2D eigenvalue weighted by atomic mass is 10.8. The van der Waals surface area contributed by atoms with Gasteiger partial charge in [-0.1, -0.05) is 13.2 Å². The van der Waals surface area contributed by atoms with Crippen molar-refractivity contribution in [1.29, 1.82) is 0 Å². The van der Waals surface area contributed by atoms with Gasteiger partial charge in [-0.2, -0.15) is 0 Å². The van der Waals surface area contributed by atoms with E-state index in [2.05, 4.69) is 22.6 Å². The first-order chi connectivity index (χ1) is 8.06. The smallest absolute Gasteiger partial charge is 0.414 e. The molecule has 0 spiro atoms. The summed E-state index contributed by atoms with van der Waals surface area (Å²) in [4.78, 5) is 11.1. The molecule has 0 aliphatic carbocycles. The molecule has 0 saturated heterocycles. The zero-order valence-electron chi connectivity index (χ0n) is 9.90. The molecule has 0 heterocycles. The lowest BCUT2D eigenvalue weighted by Crippen LogP contribution is -2.28. The molecule has 0 fully saturated rings. The van der Waals surface area contributed by atoms with E-state index in [-0.39, 0.29) is 0 Å². The van der Waals surface area contributed by atoms with Gasteiger partial charge in [-0.3, -0.25) is 0 Å². The molecule has 18 heavy (non-hydrogen) atoms. The Morgan fingerprint density at radius 1 is 0.944 bits per heavy atom. The number of rotatable bonds is 6. The lowest BCUT2D eigenvalue weighted by Gasteiger charge is -2.14. The number of carbonyl (C=O) groups is 1. The van der Waals surface area contributed by atoms with Crippen LogP contribution in [-0.4, -0.2) is 33.9 Å². The molecule has 0 N–H and O–H groups in total. The van der Waals surface area contributed by atoms with Gasteiger partial charge < -0.3 is 9.47 Å². The summed E-state index contributed by atoms with van der Waals surface area (Å²) < 4.78 is 53.5. The van der Waals surface area contributed by atoms with Crippen LogP contribution in [0.2, 0.25) is 0 Å². The Morgan fingerprint density at radius 2 is 1.22 bits per heavy atom. The topological polar surface area (TPSA) is 104 Å². The van der Waals surface area contributed by atoms with E-state index in [0.717, 1.165) is 13.8 Å². The summed E-state index contributed by atoms with van der Waals surface area (Å²) in [6, 6.07) is 0. The van der Waals surface area contributed by atoms with E-state index in [1.807, 2.05) is 0 Å². The van der Waals surface area contributed by atoms with E-state index in [1.165, 1.54) is 0 Å². The zero-order valence-corrected chi connectivity index (χ0v) is 11.5. The van der Waals surface area contributed by atoms with Gasteiger partial charge in [0.1, 0.15) is 0 Å². The number of ether oxygens (including phenoxy) is 2. The Hall–Kier alpha value is -1.35. The second kappa shape index (κ2) is 6.01. The van der Waals surface area contributed by atoms with Gasteiger partial charge in [-0.15, -0.1) is 0 Å². The molecule has 2 atom stereocenters. The van der Waals surface area contributed by atoms with Gasteiger partial charge in [-0.25, -0.2) is 21.6 Å². The van der Waals surface area contributed by atoms with Crippen LogP contribution in [0.15, 0.2) is 24.0 Å². The standard InChI is InChI=1S/C9H14O7S2/c1-5-17(11,12)7(3)15-9(10)16-8(4)18(13,14)6-2/h5-8H,1-2H2,3-4H3. The van der Waals surface area contributed by atoms with Gasteiger partial charge in [-0.05, 0) is 13.8 Å². The van der Waals surface area contributed by atoms with Gasteiger partial charge >= 0.3 is 6.16 Å². The van der Waals surface area contributed by atoms with Crippen molar-refractivity contribution in [2.75, 3.05) is 0 Å². The molecule has 0 aliphatic rings. The molecule has 0 saturated carbocycles. The van der Waals surface area contributed by atoms with Crippen LogP contribution in [0.25, 0.3) is 0 Å². The molecule has 0 aromatic rings. The summed E-state index contributed by atoms with van der Waals surface area (Å²) in [6.07, 6.45) is -1.41. The van der Waals surface area contributed by atoms with Crippen molar-refractivity contribution in [2.24, 2.45) is 0 Å². The second-order valence-electron chi connectivity index (χ2n) is 3.13. The van der Waals surface area contributed by atoms with Crippen LogP contribution >= 0.6 is 0 Å². The van der Waals surface area contributed by atoms with Crippen LogP contribution in [0.5, 0.6) is 0 Å². The summed E-state index contributed by atoms with van der Waals surface area (Å²) in [5.41, 5.74) is -3.03. The molecule has 9 heteroatoms. The van der Waals surface area contributed by atoms with E-state index in [4.69, 9.17) is 0 Å². The van der Waals surface area contributed by atoms with Crippen molar-refractivity contribution < 1.29 is 31.1 Å². The van der Waals surface area contributed by atoms with Gasteiger partial charge in [0.15, 0.2) is 0 Å². The maximum Gasteiger partial charge on any atom is 0.510 e. The normalized spacial score (nSPS) is 15.2. The van der Waals surface area contributed by atoms with Gasteiger partial charge in [0, 0.05) is 10.8 Å². The molecule has 0 amide bonds. The highest BCUT2D eigenvalue weighted by molar-refractivity contribution is 7.95. The van der Waals surface area contributed by atoms with Crippen molar-refractivity contribution >= 4 is 25.8 Å². The van der Waals surface area contributed by atoms with Crippen molar-refractivity contribution in [1.82, 2.24) is 0 Å². The largest absolute Gasteiger partial charge is 0.510 e. The summed E-state index contributed by atoms with van der Waals surface area (Å²) in [5, 5.41) is 1.24. The molecule has 104 valence electrons. The third kappa shape index (κ3) is 4.49. The van der Waals surface area contributed by atoms with Crippen LogP contribution in [-0.2, 0) is 29.1 Å². The monoisotopic (exact) mass is 298 g/mol. The minimum absolute atomic E-state index is 0.620. The van der Waals surface area contributed by atoms with Crippen molar-refractivity contribution in [3.8, 4) is 0 Å². The highest BCUT2D eigenvalue weighted by Gasteiger charge is 2.26. The lowest BCUT2D eigenvalue weighted by molar-refractivity contribution is 0.0435. The van der Waals surface area contributed by atoms with Crippen molar-refractivity contribution in [2.45, 2.75) is 24.7 Å². The Morgan fingerprint density at radius 3 is 1.44 bits per heavy atom. The molecule has 0 aromatic carbocycles. The molecule has 0 rings (SSSR count). The molecule has 0 bridgehead atoms. The number of hydrogen-bond donors (Lipinski definition) is 0. The Labute approximate surface area is 106 Å². The fraction of sp³-hybridized carbons (Fsp3) is 0.444. The summed E-state index contributed by atoms with van der Waals surface area (Å²) >= 11 is 0. The first-order valence-corrected chi connectivity index (χ1v) is 7.88. The number of hydrogen-bond acceptors (Lipinski definition) is 7. The Kier molecular flexibility index (Phi) is 5.55. The first-order valence-electron chi connectivity index (χ1n) is 4.66. The van der Waals surface area contributed by atoms with Gasteiger partial charge in [0.2, 0.25) is 30.5 Å². The number of sulfone groups is 2. The molecule has 0 aromatic heterocycles. The predicted molar refractivity (Wildman–Crippen MR) is 64.7 cm³/mol. The second-order valence-corrected chi connectivity index (χ2v) is 7.48.